The van der Waals surface area contributed by atoms with E-state index in [0.29, 0.717) is 6.04 Å². The number of amides is 1. The first-order valence-corrected chi connectivity index (χ1v) is 7.28. The normalized spacial score (nSPS) is 21.2. The highest BCUT2D eigenvalue weighted by atomic mass is 16.2. The van der Waals surface area contributed by atoms with Crippen LogP contribution in [0.5, 0.6) is 0 Å². The van der Waals surface area contributed by atoms with Gasteiger partial charge in [-0.25, -0.2) is 0 Å². The van der Waals surface area contributed by atoms with Crippen molar-refractivity contribution in [3.05, 3.63) is 35.9 Å². The van der Waals surface area contributed by atoms with Gasteiger partial charge in [-0.15, -0.1) is 0 Å². The average molecular weight is 260 g/mol. The predicted octanol–water partition coefficient (Wildman–Crippen LogP) is 2.35. The van der Waals surface area contributed by atoms with E-state index in [-0.39, 0.29) is 11.9 Å². The molecule has 1 amide bonds. The lowest BCUT2D eigenvalue weighted by Gasteiger charge is -2.35. The number of rotatable bonds is 4. The highest BCUT2D eigenvalue weighted by molar-refractivity contribution is 5.82. The molecule has 0 bridgehead atoms. The molecule has 2 rings (SSSR count). The van der Waals surface area contributed by atoms with Crippen molar-refractivity contribution in [2.75, 3.05) is 6.54 Å². The fourth-order valence-electron chi connectivity index (χ4n) is 2.73. The van der Waals surface area contributed by atoms with E-state index >= 15 is 0 Å². The van der Waals surface area contributed by atoms with Gasteiger partial charge in [-0.1, -0.05) is 30.3 Å². The number of nitrogens with two attached hydrogens (primary N) is 1. The Morgan fingerprint density at radius 1 is 1.37 bits per heavy atom. The highest BCUT2D eigenvalue weighted by Gasteiger charge is 2.26. The Hall–Kier alpha value is -1.35. The van der Waals surface area contributed by atoms with Gasteiger partial charge in [0.2, 0.25) is 5.91 Å². The van der Waals surface area contributed by atoms with E-state index in [1.54, 1.807) is 0 Å². The molecule has 0 saturated carbocycles. The lowest BCUT2D eigenvalue weighted by molar-refractivity contribution is -0.136. The molecule has 1 aliphatic rings. The van der Waals surface area contributed by atoms with Gasteiger partial charge in [-0.3, -0.25) is 4.79 Å². The van der Waals surface area contributed by atoms with Crippen LogP contribution in [-0.4, -0.2) is 29.4 Å². The number of carbonyl (C=O) groups is 1. The molecule has 2 N–H and O–H groups in total. The van der Waals surface area contributed by atoms with E-state index in [1.807, 2.05) is 23.1 Å². The topological polar surface area (TPSA) is 46.3 Å². The number of hydrogen-bond acceptors (Lipinski definition) is 2. The first-order chi connectivity index (χ1) is 9.18. The second-order valence-corrected chi connectivity index (χ2v) is 5.51. The van der Waals surface area contributed by atoms with Crippen LogP contribution >= 0.6 is 0 Å². The van der Waals surface area contributed by atoms with E-state index in [2.05, 4.69) is 19.1 Å². The molecule has 0 spiro atoms. The average Bonchev–Trinajstić information content (AvgIpc) is 2.45. The van der Waals surface area contributed by atoms with Gasteiger partial charge in [0.05, 0.1) is 6.04 Å². The first kappa shape index (κ1) is 14.1. The molecular formula is C16H24N2O. The van der Waals surface area contributed by atoms with Gasteiger partial charge in [0.1, 0.15) is 0 Å². The van der Waals surface area contributed by atoms with Crippen LogP contribution in [0.3, 0.4) is 0 Å². The Labute approximate surface area is 115 Å². The van der Waals surface area contributed by atoms with Gasteiger partial charge in [-0.2, -0.15) is 0 Å². The minimum absolute atomic E-state index is 0.128. The van der Waals surface area contributed by atoms with Crippen LogP contribution < -0.4 is 5.73 Å². The molecular weight excluding hydrogens is 236 g/mol. The molecule has 1 aliphatic heterocycles. The van der Waals surface area contributed by atoms with Crippen molar-refractivity contribution in [1.82, 2.24) is 4.90 Å². The molecule has 104 valence electrons. The van der Waals surface area contributed by atoms with Gasteiger partial charge in [0.15, 0.2) is 0 Å². The van der Waals surface area contributed by atoms with Crippen molar-refractivity contribution in [3.63, 3.8) is 0 Å². The number of carbonyl (C=O) groups excluding carboxylic acids is 1. The number of nitrogens with zero attached hydrogens (tertiary/aromatic N) is 1. The summed E-state index contributed by atoms with van der Waals surface area (Å²) in [5.41, 5.74) is 7.31. The summed E-state index contributed by atoms with van der Waals surface area (Å²) in [7, 11) is 0. The zero-order valence-corrected chi connectivity index (χ0v) is 11.7. The van der Waals surface area contributed by atoms with Crippen molar-refractivity contribution in [3.8, 4) is 0 Å². The number of hydrogen-bond donors (Lipinski definition) is 1. The maximum Gasteiger partial charge on any atom is 0.239 e. The lowest BCUT2D eigenvalue weighted by Crippen LogP contribution is -2.49. The fourth-order valence-corrected chi connectivity index (χ4v) is 2.73. The number of likely N-dealkylation sites (tertiary alicyclic amines) is 1. The number of aryl methyl sites for hydroxylation is 1. The van der Waals surface area contributed by atoms with Gasteiger partial charge >= 0.3 is 0 Å². The molecule has 0 aromatic heterocycles. The minimum atomic E-state index is -0.360. The van der Waals surface area contributed by atoms with Crippen LogP contribution in [0.15, 0.2) is 30.3 Å². The molecule has 19 heavy (non-hydrogen) atoms. The summed E-state index contributed by atoms with van der Waals surface area (Å²) in [6.45, 7) is 3.00. The molecule has 1 aromatic rings. The minimum Gasteiger partial charge on any atom is -0.339 e. The molecule has 1 saturated heterocycles. The maximum atomic E-state index is 12.3. The molecule has 0 radical (unpaired) electrons. The van der Waals surface area contributed by atoms with E-state index in [0.717, 1.165) is 32.2 Å². The molecule has 3 heteroatoms. The van der Waals surface area contributed by atoms with Gasteiger partial charge < -0.3 is 10.6 Å². The third-order valence-corrected chi connectivity index (χ3v) is 3.99. The van der Waals surface area contributed by atoms with Gasteiger partial charge in [-0.05, 0) is 44.6 Å². The second kappa shape index (κ2) is 6.71. The predicted molar refractivity (Wildman–Crippen MR) is 77.8 cm³/mol. The van der Waals surface area contributed by atoms with Crippen molar-refractivity contribution < 1.29 is 4.79 Å². The Morgan fingerprint density at radius 2 is 2.11 bits per heavy atom. The van der Waals surface area contributed by atoms with Gasteiger partial charge in [0.25, 0.3) is 0 Å². The summed E-state index contributed by atoms with van der Waals surface area (Å²) in [6.07, 6.45) is 5.05. The summed E-state index contributed by atoms with van der Waals surface area (Å²) >= 11 is 0. The molecule has 2 atom stereocenters. The molecule has 1 heterocycles. The summed E-state index contributed by atoms with van der Waals surface area (Å²) in [5.74, 6) is 0.128. The zero-order chi connectivity index (χ0) is 13.7. The molecule has 0 aliphatic carbocycles. The SMILES string of the molecule is CC1CCCCN1C(=O)C(N)CCc1ccccc1. The maximum absolute atomic E-state index is 12.3. The third-order valence-electron chi connectivity index (χ3n) is 3.99. The molecule has 3 nitrogen and oxygen atoms in total. The standard InChI is InChI=1S/C16H24N2O/c1-13-7-5-6-12-18(13)16(19)15(17)11-10-14-8-3-2-4-9-14/h2-4,8-9,13,15H,5-7,10-12,17H2,1H3. The number of piperidine rings is 1. The molecule has 2 unspecified atom stereocenters. The fraction of sp³-hybridized carbons (Fsp3) is 0.562. The van der Waals surface area contributed by atoms with Crippen molar-refractivity contribution in [2.45, 2.75) is 51.1 Å². The zero-order valence-electron chi connectivity index (χ0n) is 11.7. The Kier molecular flexibility index (Phi) is 4.97. The first-order valence-electron chi connectivity index (χ1n) is 7.28. The lowest BCUT2D eigenvalue weighted by atomic mass is 10.0. The summed E-state index contributed by atoms with van der Waals surface area (Å²) < 4.78 is 0. The van der Waals surface area contributed by atoms with E-state index in [4.69, 9.17) is 5.73 Å². The van der Waals surface area contributed by atoms with Crippen LogP contribution in [0.1, 0.15) is 38.2 Å². The van der Waals surface area contributed by atoms with E-state index in [1.165, 1.54) is 12.0 Å². The largest absolute Gasteiger partial charge is 0.339 e. The van der Waals surface area contributed by atoms with Crippen LogP contribution in [0.25, 0.3) is 0 Å². The van der Waals surface area contributed by atoms with E-state index in [9.17, 15) is 4.79 Å². The van der Waals surface area contributed by atoms with Crippen LogP contribution in [-0.2, 0) is 11.2 Å². The summed E-state index contributed by atoms with van der Waals surface area (Å²) in [6, 6.07) is 10.2. The summed E-state index contributed by atoms with van der Waals surface area (Å²) in [4.78, 5) is 14.3. The molecule has 1 fully saturated rings. The van der Waals surface area contributed by atoms with Crippen LogP contribution in [0.4, 0.5) is 0 Å². The monoisotopic (exact) mass is 260 g/mol. The van der Waals surface area contributed by atoms with Crippen LogP contribution in [0.2, 0.25) is 0 Å². The van der Waals surface area contributed by atoms with Crippen LogP contribution in [0, 0.1) is 0 Å². The third kappa shape index (κ3) is 3.80. The van der Waals surface area contributed by atoms with Crippen molar-refractivity contribution in [1.29, 1.82) is 0 Å². The van der Waals surface area contributed by atoms with Gasteiger partial charge in [0, 0.05) is 12.6 Å². The second-order valence-electron chi connectivity index (χ2n) is 5.51. The molecule has 1 aromatic carbocycles. The quantitative estimate of drug-likeness (QED) is 0.903. The summed E-state index contributed by atoms with van der Waals surface area (Å²) in [5, 5.41) is 0. The highest BCUT2D eigenvalue weighted by Crippen LogP contribution is 2.18. The Morgan fingerprint density at radius 3 is 2.79 bits per heavy atom. The number of benzene rings is 1. The van der Waals surface area contributed by atoms with Crippen molar-refractivity contribution in [2.24, 2.45) is 5.73 Å². The van der Waals surface area contributed by atoms with E-state index < -0.39 is 0 Å². The Bertz CT molecular complexity index is 404. The smallest absolute Gasteiger partial charge is 0.239 e. The Balaban J connectivity index is 1.85. The van der Waals surface area contributed by atoms with Crippen molar-refractivity contribution >= 4 is 5.91 Å².